The molecule has 0 radical (unpaired) electrons. The molecule has 2 rings (SSSR count). The molecule has 1 heterocycles. The molecule has 0 aliphatic rings. The Morgan fingerprint density at radius 1 is 1.22 bits per heavy atom. The summed E-state index contributed by atoms with van der Waals surface area (Å²) in [7, 11) is 0. The van der Waals surface area contributed by atoms with Gasteiger partial charge in [-0.15, -0.1) is 0 Å². The first-order valence-electron chi connectivity index (χ1n) is 6.04. The number of nitrogens with one attached hydrogen (secondary N) is 1. The zero-order chi connectivity index (χ0) is 17.0. The van der Waals surface area contributed by atoms with Crippen LogP contribution in [-0.4, -0.2) is 22.4 Å². The van der Waals surface area contributed by atoms with Crippen LogP contribution in [0.4, 0.5) is 18.9 Å². The molecule has 0 aliphatic heterocycles. The summed E-state index contributed by atoms with van der Waals surface area (Å²) in [6.07, 6.45) is -1.41. The van der Waals surface area contributed by atoms with Gasteiger partial charge in [0.25, 0.3) is 0 Å². The van der Waals surface area contributed by atoms with Crippen molar-refractivity contribution in [2.24, 2.45) is 5.10 Å². The van der Waals surface area contributed by atoms with E-state index in [1.165, 1.54) is 30.1 Å². The molecular weight excluding hydrogens is 372 g/mol. The summed E-state index contributed by atoms with van der Waals surface area (Å²) >= 11 is 13.2. The fourth-order valence-electron chi connectivity index (χ4n) is 1.53. The first kappa shape index (κ1) is 17.8. The van der Waals surface area contributed by atoms with Gasteiger partial charge in [-0.2, -0.15) is 18.3 Å². The van der Waals surface area contributed by atoms with Crippen LogP contribution in [0.3, 0.4) is 0 Å². The van der Waals surface area contributed by atoms with Crippen LogP contribution in [0.5, 0.6) is 0 Å². The Labute approximate surface area is 144 Å². The maximum absolute atomic E-state index is 12.6. The first-order chi connectivity index (χ1) is 10.8. The zero-order valence-corrected chi connectivity index (χ0v) is 13.9. The molecule has 1 aromatic heterocycles. The number of nitrogens with zero attached hydrogens (tertiary/aromatic N) is 3. The second kappa shape index (κ2) is 7.37. The summed E-state index contributed by atoms with van der Waals surface area (Å²) in [5.74, 6) is 0. The van der Waals surface area contributed by atoms with Crippen LogP contribution in [0.15, 0.2) is 34.5 Å². The Balaban J connectivity index is 2.17. The summed E-state index contributed by atoms with van der Waals surface area (Å²) in [6, 6.07) is 4.63. The lowest BCUT2D eigenvalue weighted by molar-refractivity contribution is -0.137. The van der Waals surface area contributed by atoms with Crippen molar-refractivity contribution in [3.05, 3.63) is 45.7 Å². The van der Waals surface area contributed by atoms with Gasteiger partial charge in [0.2, 0.25) is 0 Å². The Morgan fingerprint density at radius 2 is 1.87 bits per heavy atom. The van der Waals surface area contributed by atoms with E-state index in [1.54, 1.807) is 6.26 Å². The summed E-state index contributed by atoms with van der Waals surface area (Å²) in [6.45, 7) is 0. The van der Waals surface area contributed by atoms with Gasteiger partial charge in [0, 0.05) is 0 Å². The van der Waals surface area contributed by atoms with Gasteiger partial charge in [0.15, 0.2) is 5.16 Å². The van der Waals surface area contributed by atoms with E-state index in [0.29, 0.717) is 5.16 Å². The van der Waals surface area contributed by atoms with Gasteiger partial charge in [-0.05, 0) is 24.5 Å². The summed E-state index contributed by atoms with van der Waals surface area (Å²) in [5.41, 5.74) is 2.14. The number of hydrogen-bond donors (Lipinski definition) is 1. The molecule has 0 atom stereocenters. The third kappa shape index (κ3) is 4.73. The number of rotatable bonds is 4. The van der Waals surface area contributed by atoms with E-state index >= 15 is 0 Å². The van der Waals surface area contributed by atoms with Crippen molar-refractivity contribution in [2.75, 3.05) is 11.7 Å². The van der Waals surface area contributed by atoms with E-state index in [2.05, 4.69) is 20.5 Å². The van der Waals surface area contributed by atoms with E-state index in [0.717, 1.165) is 12.1 Å². The Hall–Kier alpha value is -1.51. The number of hydrazone groups is 1. The van der Waals surface area contributed by atoms with Gasteiger partial charge in [-0.25, -0.2) is 9.97 Å². The molecular formula is C13H9Cl2F3N4S. The summed E-state index contributed by atoms with van der Waals surface area (Å²) in [4.78, 5) is 7.98. The Morgan fingerprint density at radius 3 is 2.43 bits per heavy atom. The van der Waals surface area contributed by atoms with Gasteiger partial charge < -0.3 is 0 Å². The number of anilines is 1. The topological polar surface area (TPSA) is 50.2 Å². The minimum atomic E-state index is -4.42. The Bertz CT molecular complexity index is 714. The summed E-state index contributed by atoms with van der Waals surface area (Å²) in [5, 5.41) is 4.42. The molecule has 0 fully saturated rings. The fourth-order valence-corrected chi connectivity index (χ4v) is 2.48. The average Bonchev–Trinajstić information content (AvgIpc) is 2.49. The van der Waals surface area contributed by atoms with Gasteiger partial charge >= 0.3 is 6.18 Å². The minimum Gasteiger partial charge on any atom is -0.278 e. The molecule has 4 nitrogen and oxygen atoms in total. The lowest BCUT2D eigenvalue weighted by Gasteiger charge is -2.08. The molecule has 0 spiro atoms. The molecule has 2 aromatic rings. The van der Waals surface area contributed by atoms with Gasteiger partial charge in [0.1, 0.15) is 10.3 Å². The van der Waals surface area contributed by atoms with Crippen LogP contribution in [0.2, 0.25) is 10.3 Å². The first-order valence-corrected chi connectivity index (χ1v) is 8.02. The van der Waals surface area contributed by atoms with Crippen molar-refractivity contribution in [3.8, 4) is 0 Å². The van der Waals surface area contributed by atoms with Crippen molar-refractivity contribution in [3.63, 3.8) is 0 Å². The Kier molecular flexibility index (Phi) is 5.72. The number of benzene rings is 1. The SMILES string of the molecule is CSc1nc(Cl)c(C=NNc2cccc(C(F)(F)F)c2)c(Cl)n1. The van der Waals surface area contributed by atoms with Crippen molar-refractivity contribution >= 4 is 46.9 Å². The highest BCUT2D eigenvalue weighted by molar-refractivity contribution is 7.98. The smallest absolute Gasteiger partial charge is 0.278 e. The monoisotopic (exact) mass is 380 g/mol. The predicted molar refractivity (Wildman–Crippen MR) is 86.5 cm³/mol. The van der Waals surface area contributed by atoms with Crippen molar-refractivity contribution in [2.45, 2.75) is 11.3 Å². The van der Waals surface area contributed by atoms with E-state index in [4.69, 9.17) is 23.2 Å². The van der Waals surface area contributed by atoms with E-state index in [9.17, 15) is 13.2 Å². The van der Waals surface area contributed by atoms with Crippen molar-refractivity contribution < 1.29 is 13.2 Å². The van der Waals surface area contributed by atoms with E-state index < -0.39 is 11.7 Å². The third-order valence-electron chi connectivity index (χ3n) is 2.59. The highest BCUT2D eigenvalue weighted by Gasteiger charge is 2.30. The zero-order valence-electron chi connectivity index (χ0n) is 11.5. The van der Waals surface area contributed by atoms with Gasteiger partial charge in [0.05, 0.1) is 23.0 Å². The molecule has 23 heavy (non-hydrogen) atoms. The number of aromatic nitrogens is 2. The minimum absolute atomic E-state index is 0.101. The molecule has 0 saturated carbocycles. The average molecular weight is 381 g/mol. The van der Waals surface area contributed by atoms with Crippen LogP contribution in [0.25, 0.3) is 0 Å². The molecule has 10 heteroatoms. The molecule has 122 valence electrons. The quantitative estimate of drug-likeness (QED) is 0.267. The van der Waals surface area contributed by atoms with Crippen LogP contribution in [0.1, 0.15) is 11.1 Å². The molecule has 0 bridgehead atoms. The van der Waals surface area contributed by atoms with Crippen LogP contribution < -0.4 is 5.43 Å². The number of alkyl halides is 3. The van der Waals surface area contributed by atoms with Crippen LogP contribution in [0, 0.1) is 0 Å². The second-order valence-corrected chi connectivity index (χ2v) is 5.64. The second-order valence-electron chi connectivity index (χ2n) is 4.15. The van der Waals surface area contributed by atoms with Crippen LogP contribution in [-0.2, 0) is 6.18 Å². The number of thioether (sulfide) groups is 1. The largest absolute Gasteiger partial charge is 0.416 e. The normalized spacial score (nSPS) is 11.9. The maximum Gasteiger partial charge on any atom is 0.416 e. The standard InChI is InChI=1S/C13H9Cl2F3N4S/c1-23-12-20-10(14)9(11(15)21-12)6-19-22-8-4-2-3-7(5-8)13(16,17)18/h2-6,22H,1H3. The highest BCUT2D eigenvalue weighted by Crippen LogP contribution is 2.30. The lowest BCUT2D eigenvalue weighted by atomic mass is 10.2. The van der Waals surface area contributed by atoms with E-state index in [-0.39, 0.29) is 21.6 Å². The summed E-state index contributed by atoms with van der Waals surface area (Å²) < 4.78 is 37.8. The van der Waals surface area contributed by atoms with Crippen molar-refractivity contribution in [1.82, 2.24) is 9.97 Å². The maximum atomic E-state index is 12.6. The third-order valence-corrected chi connectivity index (χ3v) is 3.72. The van der Waals surface area contributed by atoms with Gasteiger partial charge in [-0.1, -0.05) is 41.0 Å². The predicted octanol–water partition coefficient (Wildman–Crippen LogP) is 4.97. The molecule has 0 amide bonds. The molecule has 1 aromatic carbocycles. The lowest BCUT2D eigenvalue weighted by Crippen LogP contribution is -2.05. The molecule has 0 saturated heterocycles. The van der Waals surface area contributed by atoms with E-state index in [1.807, 2.05) is 0 Å². The number of halogens is 5. The molecule has 0 aliphatic carbocycles. The highest BCUT2D eigenvalue weighted by atomic mass is 35.5. The molecule has 1 N–H and O–H groups in total. The van der Waals surface area contributed by atoms with Gasteiger partial charge in [-0.3, -0.25) is 5.43 Å². The number of hydrogen-bond acceptors (Lipinski definition) is 5. The fraction of sp³-hybridized carbons (Fsp3) is 0.154. The van der Waals surface area contributed by atoms with Crippen molar-refractivity contribution in [1.29, 1.82) is 0 Å². The molecule has 0 unspecified atom stereocenters. The van der Waals surface area contributed by atoms with Crippen LogP contribution >= 0.6 is 35.0 Å².